The maximum Gasteiger partial charge on any atom is 0.303 e. The topological polar surface area (TPSA) is 114 Å². The number of anilines is 1. The average Bonchev–Trinajstić information content (AvgIpc) is 3.50. The minimum atomic E-state index is -0.518. The Balaban J connectivity index is 1.55. The molecule has 0 aliphatic carbocycles. The molecule has 1 aliphatic rings. The number of nitrogens with zero attached hydrogens (tertiary/aromatic N) is 1. The summed E-state index contributed by atoms with van der Waals surface area (Å²) in [6.45, 7) is 3.25. The van der Waals surface area contributed by atoms with Crippen LogP contribution in [0.2, 0.25) is 0 Å². The summed E-state index contributed by atoms with van der Waals surface area (Å²) < 4.78 is 16.6. The Morgan fingerprint density at radius 1 is 1.08 bits per heavy atom. The van der Waals surface area contributed by atoms with E-state index in [9.17, 15) is 14.4 Å². The van der Waals surface area contributed by atoms with Crippen LogP contribution in [-0.2, 0) is 27.4 Å². The normalized spacial score (nSPS) is 14.8. The molecule has 0 fully saturated rings. The Kier molecular flexibility index (Phi) is 6.43. The van der Waals surface area contributed by atoms with Gasteiger partial charge >= 0.3 is 5.97 Å². The van der Waals surface area contributed by atoms with Crippen molar-refractivity contribution in [2.45, 2.75) is 32.9 Å². The van der Waals surface area contributed by atoms with Crippen molar-refractivity contribution < 1.29 is 28.3 Å². The van der Waals surface area contributed by atoms with Crippen molar-refractivity contribution in [3.63, 3.8) is 0 Å². The lowest BCUT2D eigenvalue weighted by atomic mass is 9.95. The van der Waals surface area contributed by atoms with E-state index >= 15 is 0 Å². The molecule has 0 saturated carbocycles. The molecule has 2 aromatic heterocycles. The van der Waals surface area contributed by atoms with Crippen molar-refractivity contribution >= 4 is 34.4 Å². The minimum absolute atomic E-state index is 0.0113. The van der Waals surface area contributed by atoms with Crippen LogP contribution in [0, 0.1) is 0 Å². The zero-order valence-electron chi connectivity index (χ0n) is 20.8. The number of rotatable bonds is 6. The van der Waals surface area contributed by atoms with Gasteiger partial charge in [0.1, 0.15) is 29.9 Å². The number of esters is 1. The smallest absolute Gasteiger partial charge is 0.303 e. The number of carbonyl (C=O) groups excluding carboxylic acids is 3. The van der Waals surface area contributed by atoms with Crippen LogP contribution in [0.25, 0.3) is 10.9 Å². The fraction of sp³-hybridized carbons (Fsp3) is 0.250. The van der Waals surface area contributed by atoms with Gasteiger partial charge in [0.15, 0.2) is 0 Å². The van der Waals surface area contributed by atoms with Gasteiger partial charge in [-0.15, -0.1) is 0 Å². The number of amides is 2. The number of fused-ring (bicyclic) bond motifs is 3. The molecule has 1 aliphatic heterocycles. The van der Waals surface area contributed by atoms with Crippen molar-refractivity contribution in [3.8, 4) is 5.75 Å². The number of H-pyrrole nitrogens is 1. The molecule has 0 bridgehead atoms. The molecule has 0 spiro atoms. The quantitative estimate of drug-likeness (QED) is 0.374. The van der Waals surface area contributed by atoms with E-state index in [4.69, 9.17) is 13.9 Å². The number of aromatic nitrogens is 1. The monoisotopic (exact) mass is 501 g/mol. The van der Waals surface area contributed by atoms with Crippen LogP contribution in [-0.4, -0.2) is 41.3 Å². The first-order valence-corrected chi connectivity index (χ1v) is 11.9. The predicted octanol–water partition coefficient (Wildman–Crippen LogP) is 4.58. The van der Waals surface area contributed by atoms with Gasteiger partial charge in [-0.1, -0.05) is 0 Å². The highest BCUT2D eigenvalue weighted by molar-refractivity contribution is 5.96. The largest absolute Gasteiger partial charge is 0.497 e. The highest BCUT2D eigenvalue weighted by Gasteiger charge is 2.37. The summed E-state index contributed by atoms with van der Waals surface area (Å²) in [6.07, 6.45) is 0.649. The molecular formula is C28H27N3O6. The fourth-order valence-corrected chi connectivity index (χ4v) is 4.77. The van der Waals surface area contributed by atoms with Gasteiger partial charge in [-0.3, -0.25) is 14.4 Å². The lowest BCUT2D eigenvalue weighted by molar-refractivity contribution is -0.142. The van der Waals surface area contributed by atoms with E-state index < -0.39 is 12.0 Å². The molecule has 1 atom stereocenters. The van der Waals surface area contributed by atoms with Gasteiger partial charge in [-0.2, -0.15) is 0 Å². The van der Waals surface area contributed by atoms with Crippen molar-refractivity contribution in [2.75, 3.05) is 19.0 Å². The first-order chi connectivity index (χ1) is 17.8. The molecule has 9 nitrogen and oxygen atoms in total. The van der Waals surface area contributed by atoms with Crippen LogP contribution in [0.1, 0.15) is 53.0 Å². The van der Waals surface area contributed by atoms with E-state index in [1.807, 2.05) is 24.3 Å². The van der Waals surface area contributed by atoms with E-state index in [1.54, 1.807) is 42.3 Å². The molecule has 190 valence electrons. The number of carbonyl (C=O) groups is 3. The molecule has 1 unspecified atom stereocenters. The second-order valence-electron chi connectivity index (χ2n) is 8.92. The summed E-state index contributed by atoms with van der Waals surface area (Å²) in [7, 11) is 1.63. The predicted molar refractivity (Wildman–Crippen MR) is 136 cm³/mol. The van der Waals surface area contributed by atoms with Crippen molar-refractivity contribution in [3.05, 3.63) is 82.9 Å². The van der Waals surface area contributed by atoms with E-state index in [-0.39, 0.29) is 18.4 Å². The van der Waals surface area contributed by atoms with Crippen LogP contribution in [0.5, 0.6) is 5.75 Å². The second-order valence-corrected chi connectivity index (χ2v) is 8.92. The summed E-state index contributed by atoms with van der Waals surface area (Å²) in [4.78, 5) is 41.7. The zero-order valence-corrected chi connectivity index (χ0v) is 20.8. The molecule has 3 heterocycles. The summed E-state index contributed by atoms with van der Waals surface area (Å²) >= 11 is 0. The molecule has 2 N–H and O–H groups in total. The number of nitrogens with one attached hydrogen (secondary N) is 2. The van der Waals surface area contributed by atoms with Gasteiger partial charge in [-0.25, -0.2) is 0 Å². The van der Waals surface area contributed by atoms with Crippen LogP contribution in [0.15, 0.2) is 59.0 Å². The summed E-state index contributed by atoms with van der Waals surface area (Å²) in [6, 6.07) is 15.7. The van der Waals surface area contributed by atoms with Crippen molar-refractivity contribution in [1.82, 2.24) is 9.88 Å². The summed E-state index contributed by atoms with van der Waals surface area (Å²) in [5, 5.41) is 3.75. The number of methoxy groups -OCH3 is 1. The first kappa shape index (κ1) is 24.2. The number of benzene rings is 2. The van der Waals surface area contributed by atoms with Crippen LogP contribution in [0.4, 0.5) is 5.69 Å². The third-order valence-corrected chi connectivity index (χ3v) is 6.42. The molecule has 37 heavy (non-hydrogen) atoms. The van der Waals surface area contributed by atoms with Gasteiger partial charge in [0.2, 0.25) is 5.91 Å². The number of furan rings is 1. The minimum Gasteiger partial charge on any atom is -0.497 e. The van der Waals surface area contributed by atoms with Crippen LogP contribution < -0.4 is 10.1 Å². The maximum absolute atomic E-state index is 13.8. The van der Waals surface area contributed by atoms with Gasteiger partial charge in [0.05, 0.1) is 12.8 Å². The average molecular weight is 502 g/mol. The van der Waals surface area contributed by atoms with Gasteiger partial charge < -0.3 is 29.1 Å². The van der Waals surface area contributed by atoms with Crippen LogP contribution >= 0.6 is 0 Å². The molecule has 0 saturated heterocycles. The van der Waals surface area contributed by atoms with Gasteiger partial charge in [-0.05, 0) is 66.6 Å². The molecule has 2 amide bonds. The van der Waals surface area contributed by atoms with Gasteiger partial charge in [0.25, 0.3) is 5.91 Å². The highest BCUT2D eigenvalue weighted by Crippen LogP contribution is 2.40. The van der Waals surface area contributed by atoms with Crippen molar-refractivity contribution in [1.29, 1.82) is 0 Å². The first-order valence-electron chi connectivity index (χ1n) is 11.9. The Hall–Kier alpha value is -4.53. The highest BCUT2D eigenvalue weighted by atomic mass is 16.5. The summed E-state index contributed by atoms with van der Waals surface area (Å²) in [5.41, 5.74) is 4.02. The lowest BCUT2D eigenvalue weighted by Gasteiger charge is -2.35. The third kappa shape index (κ3) is 4.80. The third-order valence-electron chi connectivity index (χ3n) is 6.42. The summed E-state index contributed by atoms with van der Waals surface area (Å²) in [5.74, 6) is 1.05. The molecule has 0 radical (unpaired) electrons. The molecule has 4 aromatic rings. The Morgan fingerprint density at radius 2 is 1.86 bits per heavy atom. The molecule has 2 aromatic carbocycles. The zero-order chi connectivity index (χ0) is 26.1. The SMILES string of the molecule is COc1ccc2[nH]c3c(c2c1)CCN(C(=O)c1ccc(NC(C)=O)cc1)C3c1ccc(COC(C)=O)o1. The Labute approximate surface area is 213 Å². The number of hydrogen-bond donors (Lipinski definition) is 2. The fourth-order valence-electron chi connectivity index (χ4n) is 4.77. The van der Waals surface area contributed by atoms with Gasteiger partial charge in [0, 0.05) is 42.5 Å². The Morgan fingerprint density at radius 3 is 2.57 bits per heavy atom. The standard InChI is InChI=1S/C28H27N3O6/c1-16(32)29-19-6-4-18(5-7-19)28(34)31-13-12-22-23-14-20(35-3)8-10-24(23)30-26(22)27(31)25-11-9-21(37-25)15-36-17(2)33/h4-11,14,27,30H,12-13,15H2,1-3H3,(H,29,32). The van der Waals surface area contributed by atoms with E-state index in [1.165, 1.54) is 13.8 Å². The number of hydrogen-bond acceptors (Lipinski definition) is 6. The lowest BCUT2D eigenvalue weighted by Crippen LogP contribution is -2.40. The number of aromatic amines is 1. The second kappa shape index (κ2) is 9.85. The molecular weight excluding hydrogens is 474 g/mol. The van der Waals surface area contributed by atoms with E-state index in [2.05, 4.69) is 10.3 Å². The number of ether oxygens (including phenoxy) is 2. The molecule has 5 rings (SSSR count). The Bertz CT molecular complexity index is 1480. The van der Waals surface area contributed by atoms with Crippen LogP contribution in [0.3, 0.4) is 0 Å². The molecule has 9 heteroatoms. The van der Waals surface area contributed by atoms with E-state index in [0.29, 0.717) is 35.7 Å². The van der Waals surface area contributed by atoms with Crippen molar-refractivity contribution in [2.24, 2.45) is 0 Å². The van der Waals surface area contributed by atoms with E-state index in [0.717, 1.165) is 27.9 Å². The maximum atomic E-state index is 13.8.